The Labute approximate surface area is 118 Å². The Morgan fingerprint density at radius 2 is 2.00 bits per heavy atom. The molecule has 0 aromatic heterocycles. The maximum absolute atomic E-state index is 12.0. The monoisotopic (exact) mass is 313 g/mol. The van der Waals surface area contributed by atoms with Crippen LogP contribution in [0.3, 0.4) is 0 Å². The summed E-state index contributed by atoms with van der Waals surface area (Å²) in [4.78, 5) is 12.7. The van der Waals surface area contributed by atoms with Crippen LogP contribution in [0.5, 0.6) is 0 Å². The molecule has 3 rings (SSSR count). The fourth-order valence-corrected chi connectivity index (χ4v) is 5.19. The largest absolute Gasteiger partial charge is 0.356 e. The van der Waals surface area contributed by atoms with Crippen molar-refractivity contribution in [3.8, 4) is 0 Å². The average molecular weight is 314 g/mol. The summed E-state index contributed by atoms with van der Waals surface area (Å²) in [7, 11) is 0. The van der Waals surface area contributed by atoms with Crippen LogP contribution in [0, 0.1) is 23.7 Å². The molecule has 3 saturated carbocycles. The lowest BCUT2D eigenvalue weighted by atomic mass is 9.86. The quantitative estimate of drug-likeness (QED) is 0.791. The van der Waals surface area contributed by atoms with Gasteiger partial charge in [-0.1, -0.05) is 22.4 Å². The summed E-state index contributed by atoms with van der Waals surface area (Å²) < 4.78 is 0. The number of amides is 1. The Hall–Kier alpha value is -0.0500. The molecule has 18 heavy (non-hydrogen) atoms. The van der Waals surface area contributed by atoms with Gasteiger partial charge in [0.05, 0.1) is 0 Å². The number of hydrogen-bond donors (Lipinski definition) is 1. The summed E-state index contributed by atoms with van der Waals surface area (Å²) in [6.07, 6.45) is 10.1. The van der Waals surface area contributed by atoms with Crippen LogP contribution in [0.15, 0.2) is 0 Å². The zero-order valence-electron chi connectivity index (χ0n) is 11.0. The number of hydrogen-bond acceptors (Lipinski definition) is 1. The summed E-state index contributed by atoms with van der Waals surface area (Å²) in [6, 6.07) is 0. The van der Waals surface area contributed by atoms with Crippen LogP contribution in [0.25, 0.3) is 0 Å². The summed E-state index contributed by atoms with van der Waals surface area (Å²) in [5.74, 6) is 3.55. The summed E-state index contributed by atoms with van der Waals surface area (Å²) >= 11 is 3.67. The SMILES string of the molecule is O=C(CC1CC2CCC1C2)NCC1CCC(Br)C1. The molecule has 0 saturated heterocycles. The molecule has 3 heteroatoms. The van der Waals surface area contributed by atoms with Gasteiger partial charge in [0, 0.05) is 17.8 Å². The molecule has 1 N–H and O–H groups in total. The second-order valence-corrected chi connectivity index (χ2v) is 8.01. The number of nitrogens with one attached hydrogen (secondary N) is 1. The van der Waals surface area contributed by atoms with E-state index < -0.39 is 0 Å². The van der Waals surface area contributed by atoms with Crippen LogP contribution in [0.4, 0.5) is 0 Å². The molecule has 3 fully saturated rings. The van der Waals surface area contributed by atoms with Crippen LogP contribution in [-0.2, 0) is 4.79 Å². The second kappa shape index (κ2) is 5.52. The summed E-state index contributed by atoms with van der Waals surface area (Å²) in [5.41, 5.74) is 0. The highest BCUT2D eigenvalue weighted by atomic mass is 79.9. The van der Waals surface area contributed by atoms with E-state index >= 15 is 0 Å². The number of rotatable bonds is 4. The molecule has 0 aromatic carbocycles. The second-order valence-electron chi connectivity index (χ2n) is 6.72. The maximum atomic E-state index is 12.0. The van der Waals surface area contributed by atoms with Crippen LogP contribution in [0.2, 0.25) is 0 Å². The number of carbonyl (C=O) groups excluding carboxylic acids is 1. The van der Waals surface area contributed by atoms with E-state index in [0.29, 0.717) is 22.6 Å². The molecule has 0 radical (unpaired) electrons. The van der Waals surface area contributed by atoms with Gasteiger partial charge in [0.2, 0.25) is 5.91 Å². The van der Waals surface area contributed by atoms with Crippen molar-refractivity contribution in [2.24, 2.45) is 23.7 Å². The molecule has 2 bridgehead atoms. The fraction of sp³-hybridized carbons (Fsp3) is 0.933. The van der Waals surface area contributed by atoms with Crippen molar-refractivity contribution >= 4 is 21.8 Å². The lowest BCUT2D eigenvalue weighted by Gasteiger charge is -2.21. The van der Waals surface area contributed by atoms with Gasteiger partial charge in [-0.2, -0.15) is 0 Å². The number of carbonyl (C=O) groups is 1. The molecule has 102 valence electrons. The molecule has 2 nitrogen and oxygen atoms in total. The van der Waals surface area contributed by atoms with Crippen molar-refractivity contribution < 1.29 is 4.79 Å². The Morgan fingerprint density at radius 3 is 2.61 bits per heavy atom. The van der Waals surface area contributed by atoms with Crippen molar-refractivity contribution in [3.63, 3.8) is 0 Å². The molecule has 5 unspecified atom stereocenters. The smallest absolute Gasteiger partial charge is 0.220 e. The highest BCUT2D eigenvalue weighted by Crippen LogP contribution is 2.49. The zero-order valence-corrected chi connectivity index (χ0v) is 12.6. The van der Waals surface area contributed by atoms with Gasteiger partial charge in [0.25, 0.3) is 0 Å². The number of alkyl halides is 1. The molecule has 0 heterocycles. The maximum Gasteiger partial charge on any atom is 0.220 e. The lowest BCUT2D eigenvalue weighted by Crippen LogP contribution is -2.31. The van der Waals surface area contributed by atoms with E-state index in [1.165, 1.54) is 44.9 Å². The Kier molecular flexibility index (Phi) is 3.97. The van der Waals surface area contributed by atoms with E-state index in [0.717, 1.165) is 24.8 Å². The minimum absolute atomic E-state index is 0.311. The van der Waals surface area contributed by atoms with Crippen molar-refractivity contribution in [2.75, 3.05) is 6.54 Å². The van der Waals surface area contributed by atoms with Crippen molar-refractivity contribution in [3.05, 3.63) is 0 Å². The zero-order chi connectivity index (χ0) is 12.5. The molecule has 5 atom stereocenters. The standard InChI is InChI=1S/C15H24BrNO/c16-14-4-2-11(7-14)9-17-15(18)8-13-6-10-1-3-12(13)5-10/h10-14H,1-9H2,(H,17,18). The molecule has 3 aliphatic rings. The van der Waals surface area contributed by atoms with E-state index in [2.05, 4.69) is 21.2 Å². The van der Waals surface area contributed by atoms with Crippen molar-refractivity contribution in [1.82, 2.24) is 5.32 Å². The van der Waals surface area contributed by atoms with Gasteiger partial charge in [-0.05, 0) is 62.2 Å². The molecule has 0 aromatic rings. The van der Waals surface area contributed by atoms with Crippen molar-refractivity contribution in [1.29, 1.82) is 0 Å². The molecule has 3 aliphatic carbocycles. The Balaban J connectivity index is 1.37. The first kappa shape index (κ1) is 13.0. The molecular formula is C15H24BrNO. The van der Waals surface area contributed by atoms with E-state index in [4.69, 9.17) is 0 Å². The molecule has 0 spiro atoms. The lowest BCUT2D eigenvalue weighted by molar-refractivity contribution is -0.122. The van der Waals surface area contributed by atoms with E-state index in [9.17, 15) is 4.79 Å². The Bertz CT molecular complexity index is 320. The van der Waals surface area contributed by atoms with Crippen LogP contribution < -0.4 is 5.32 Å². The fourth-order valence-electron chi connectivity index (χ4n) is 4.39. The van der Waals surface area contributed by atoms with Crippen LogP contribution in [0.1, 0.15) is 51.4 Å². The van der Waals surface area contributed by atoms with Crippen LogP contribution in [-0.4, -0.2) is 17.3 Å². The third-order valence-corrected chi connectivity index (χ3v) is 6.23. The minimum Gasteiger partial charge on any atom is -0.356 e. The third-order valence-electron chi connectivity index (χ3n) is 5.40. The average Bonchev–Trinajstić information content (AvgIpc) is 3.03. The third kappa shape index (κ3) is 2.92. The predicted molar refractivity (Wildman–Crippen MR) is 76.6 cm³/mol. The first-order chi connectivity index (χ1) is 8.70. The molecular weight excluding hydrogens is 290 g/mol. The van der Waals surface area contributed by atoms with Crippen LogP contribution >= 0.6 is 15.9 Å². The van der Waals surface area contributed by atoms with Gasteiger partial charge in [-0.25, -0.2) is 0 Å². The first-order valence-electron chi connectivity index (χ1n) is 7.61. The normalized spacial score (nSPS) is 42.4. The van der Waals surface area contributed by atoms with Crippen molar-refractivity contribution in [2.45, 2.75) is 56.2 Å². The first-order valence-corrected chi connectivity index (χ1v) is 8.53. The topological polar surface area (TPSA) is 29.1 Å². The van der Waals surface area contributed by atoms with Gasteiger partial charge in [0.15, 0.2) is 0 Å². The number of fused-ring (bicyclic) bond motifs is 2. The van der Waals surface area contributed by atoms with E-state index in [1.54, 1.807) is 0 Å². The highest BCUT2D eigenvalue weighted by Gasteiger charge is 2.40. The van der Waals surface area contributed by atoms with E-state index in [1.807, 2.05) is 0 Å². The van der Waals surface area contributed by atoms with Gasteiger partial charge >= 0.3 is 0 Å². The highest BCUT2D eigenvalue weighted by molar-refractivity contribution is 9.09. The van der Waals surface area contributed by atoms with Gasteiger partial charge in [-0.15, -0.1) is 0 Å². The Morgan fingerprint density at radius 1 is 1.11 bits per heavy atom. The molecule has 0 aliphatic heterocycles. The number of halogens is 1. The predicted octanol–water partition coefficient (Wildman–Crippen LogP) is 3.49. The summed E-state index contributed by atoms with van der Waals surface area (Å²) in [5, 5.41) is 3.17. The summed E-state index contributed by atoms with van der Waals surface area (Å²) in [6.45, 7) is 0.905. The van der Waals surface area contributed by atoms with Gasteiger partial charge < -0.3 is 5.32 Å². The minimum atomic E-state index is 0.311. The molecule has 1 amide bonds. The van der Waals surface area contributed by atoms with Gasteiger partial charge in [-0.3, -0.25) is 4.79 Å². The van der Waals surface area contributed by atoms with E-state index in [-0.39, 0.29) is 0 Å². The van der Waals surface area contributed by atoms with Gasteiger partial charge in [0.1, 0.15) is 0 Å².